The van der Waals surface area contributed by atoms with E-state index in [1.54, 1.807) is 14.2 Å². The lowest BCUT2D eigenvalue weighted by atomic mass is 10.2. The molecule has 2 N–H and O–H groups in total. The van der Waals surface area contributed by atoms with Gasteiger partial charge in [0.15, 0.2) is 17.5 Å². The van der Waals surface area contributed by atoms with Crippen LogP contribution in [0, 0.1) is 0 Å². The van der Waals surface area contributed by atoms with Crippen LogP contribution in [-0.4, -0.2) is 45.3 Å². The maximum Gasteiger partial charge on any atom is 0.191 e. The minimum Gasteiger partial charge on any atom is -0.493 e. The minimum atomic E-state index is 0. The molecule has 24 heavy (non-hydrogen) atoms. The van der Waals surface area contributed by atoms with Gasteiger partial charge in [-0.05, 0) is 49.5 Å². The molecule has 138 valence electrons. The van der Waals surface area contributed by atoms with Crippen LogP contribution in [0.5, 0.6) is 11.5 Å². The zero-order valence-electron chi connectivity index (χ0n) is 15.1. The largest absolute Gasteiger partial charge is 0.493 e. The van der Waals surface area contributed by atoms with Gasteiger partial charge < -0.3 is 20.1 Å². The van der Waals surface area contributed by atoms with Crippen LogP contribution in [0.3, 0.4) is 0 Å². The number of guanidine groups is 1. The fourth-order valence-electron chi connectivity index (χ4n) is 2.08. The molecular weight excluding hydrogens is 437 g/mol. The molecule has 0 heterocycles. The third-order valence-corrected chi connectivity index (χ3v) is 3.98. The van der Waals surface area contributed by atoms with Gasteiger partial charge in [0, 0.05) is 20.1 Å². The van der Waals surface area contributed by atoms with Crippen LogP contribution in [-0.2, 0) is 6.54 Å². The lowest BCUT2D eigenvalue weighted by Gasteiger charge is -2.14. The first-order valence-electron chi connectivity index (χ1n) is 7.98. The highest BCUT2D eigenvalue weighted by molar-refractivity contribution is 14.0. The predicted molar refractivity (Wildman–Crippen MR) is 115 cm³/mol. The van der Waals surface area contributed by atoms with Crippen molar-refractivity contribution in [1.82, 2.24) is 10.6 Å². The molecule has 1 aromatic rings. The number of methoxy groups -OCH3 is 1. The number of thioether (sulfide) groups is 1. The van der Waals surface area contributed by atoms with Crippen molar-refractivity contribution in [3.8, 4) is 11.5 Å². The smallest absolute Gasteiger partial charge is 0.191 e. The summed E-state index contributed by atoms with van der Waals surface area (Å²) in [6.45, 7) is 4.21. The third kappa shape index (κ3) is 8.86. The quantitative estimate of drug-likeness (QED) is 0.239. The van der Waals surface area contributed by atoms with Gasteiger partial charge in [-0.1, -0.05) is 6.07 Å². The summed E-state index contributed by atoms with van der Waals surface area (Å²) < 4.78 is 10.9. The van der Waals surface area contributed by atoms with E-state index in [1.807, 2.05) is 36.9 Å². The topological polar surface area (TPSA) is 54.9 Å². The SMILES string of the molecule is CCOc1cc(CNC(=NC)NCCCCSC)ccc1OC.I. The molecule has 0 aliphatic rings. The van der Waals surface area contributed by atoms with E-state index >= 15 is 0 Å². The summed E-state index contributed by atoms with van der Waals surface area (Å²) in [7, 11) is 3.44. The summed E-state index contributed by atoms with van der Waals surface area (Å²) in [5, 5.41) is 6.66. The first kappa shape index (κ1) is 23.2. The van der Waals surface area contributed by atoms with E-state index in [0.29, 0.717) is 13.2 Å². The molecule has 5 nitrogen and oxygen atoms in total. The van der Waals surface area contributed by atoms with Gasteiger partial charge in [-0.25, -0.2) is 0 Å². The van der Waals surface area contributed by atoms with Crippen molar-refractivity contribution in [3.63, 3.8) is 0 Å². The number of aliphatic imine (C=N–C) groups is 1. The highest BCUT2D eigenvalue weighted by Crippen LogP contribution is 2.27. The van der Waals surface area contributed by atoms with Crippen LogP contribution in [0.25, 0.3) is 0 Å². The molecule has 0 spiro atoms. The Morgan fingerprint density at radius 2 is 2.00 bits per heavy atom. The Kier molecular flexibility index (Phi) is 14.0. The van der Waals surface area contributed by atoms with Crippen LogP contribution in [0.15, 0.2) is 23.2 Å². The molecule has 0 unspecified atom stereocenters. The zero-order chi connectivity index (χ0) is 16.9. The standard InChI is InChI=1S/C17H29N3O2S.HI/c1-5-22-16-12-14(8-9-15(16)21-3)13-20-17(18-2)19-10-6-7-11-23-4;/h8-9,12H,5-7,10-11,13H2,1-4H3,(H2,18,19,20);1H. The van der Waals surface area contributed by atoms with Gasteiger partial charge in [0.2, 0.25) is 0 Å². The number of ether oxygens (including phenoxy) is 2. The predicted octanol–water partition coefficient (Wildman–Crippen LogP) is 3.52. The summed E-state index contributed by atoms with van der Waals surface area (Å²) >= 11 is 1.89. The Morgan fingerprint density at radius 3 is 2.62 bits per heavy atom. The minimum absolute atomic E-state index is 0. The molecule has 1 rings (SSSR count). The molecule has 0 aliphatic carbocycles. The Labute approximate surface area is 167 Å². The monoisotopic (exact) mass is 467 g/mol. The number of rotatable bonds is 10. The van der Waals surface area contributed by atoms with Gasteiger partial charge in [0.05, 0.1) is 13.7 Å². The zero-order valence-corrected chi connectivity index (χ0v) is 18.2. The molecule has 7 heteroatoms. The number of halogens is 1. The summed E-state index contributed by atoms with van der Waals surface area (Å²) in [6, 6.07) is 5.96. The van der Waals surface area contributed by atoms with E-state index in [2.05, 4.69) is 21.9 Å². The number of benzene rings is 1. The fourth-order valence-corrected chi connectivity index (χ4v) is 2.58. The highest BCUT2D eigenvalue weighted by Gasteiger charge is 2.06. The van der Waals surface area contributed by atoms with Crippen molar-refractivity contribution in [2.45, 2.75) is 26.3 Å². The van der Waals surface area contributed by atoms with Gasteiger partial charge in [-0.2, -0.15) is 11.8 Å². The molecule has 0 atom stereocenters. The van der Waals surface area contributed by atoms with Gasteiger partial charge in [-0.3, -0.25) is 4.99 Å². The number of nitrogens with zero attached hydrogens (tertiary/aromatic N) is 1. The second-order valence-corrected chi connectivity index (χ2v) is 5.96. The summed E-state index contributed by atoms with van der Waals surface area (Å²) in [5.74, 6) is 3.56. The van der Waals surface area contributed by atoms with Crippen molar-refractivity contribution in [2.24, 2.45) is 4.99 Å². The van der Waals surface area contributed by atoms with Gasteiger partial charge in [-0.15, -0.1) is 24.0 Å². The third-order valence-electron chi connectivity index (χ3n) is 3.28. The Morgan fingerprint density at radius 1 is 1.21 bits per heavy atom. The van der Waals surface area contributed by atoms with Crippen LogP contribution in [0.1, 0.15) is 25.3 Å². The van der Waals surface area contributed by atoms with E-state index in [-0.39, 0.29) is 24.0 Å². The maximum atomic E-state index is 5.60. The van der Waals surface area contributed by atoms with Crippen LogP contribution in [0.2, 0.25) is 0 Å². The first-order valence-corrected chi connectivity index (χ1v) is 9.37. The molecule has 0 radical (unpaired) electrons. The Balaban J connectivity index is 0.00000529. The van der Waals surface area contributed by atoms with Crippen molar-refractivity contribution < 1.29 is 9.47 Å². The summed E-state index contributed by atoms with van der Waals surface area (Å²) in [5.41, 5.74) is 1.12. The Bertz CT molecular complexity index is 487. The van der Waals surface area contributed by atoms with Gasteiger partial charge >= 0.3 is 0 Å². The van der Waals surface area contributed by atoms with Gasteiger partial charge in [0.25, 0.3) is 0 Å². The van der Waals surface area contributed by atoms with E-state index < -0.39 is 0 Å². The first-order chi connectivity index (χ1) is 11.2. The van der Waals surface area contributed by atoms with E-state index in [1.165, 1.54) is 12.2 Å². The summed E-state index contributed by atoms with van der Waals surface area (Å²) in [6.07, 6.45) is 4.51. The summed E-state index contributed by atoms with van der Waals surface area (Å²) in [4.78, 5) is 4.25. The van der Waals surface area contributed by atoms with E-state index in [9.17, 15) is 0 Å². The maximum absolute atomic E-state index is 5.60. The number of hydrogen-bond acceptors (Lipinski definition) is 4. The van der Waals surface area contributed by atoms with E-state index in [0.717, 1.165) is 36.0 Å². The lowest BCUT2D eigenvalue weighted by molar-refractivity contribution is 0.310. The van der Waals surface area contributed by atoms with E-state index in [4.69, 9.17) is 9.47 Å². The lowest BCUT2D eigenvalue weighted by Crippen LogP contribution is -2.37. The molecular formula is C17H30IN3O2S. The van der Waals surface area contributed by atoms with Crippen LogP contribution >= 0.6 is 35.7 Å². The number of unbranched alkanes of at least 4 members (excludes halogenated alkanes) is 1. The molecule has 0 fully saturated rings. The molecule has 0 saturated heterocycles. The molecule has 0 aromatic heterocycles. The molecule has 0 amide bonds. The molecule has 0 saturated carbocycles. The normalized spacial score (nSPS) is 10.8. The van der Waals surface area contributed by atoms with Crippen LogP contribution in [0.4, 0.5) is 0 Å². The number of nitrogens with one attached hydrogen (secondary N) is 2. The van der Waals surface area contributed by atoms with Crippen molar-refractivity contribution in [2.75, 3.05) is 39.3 Å². The Hall–Kier alpha value is -0.830. The van der Waals surface area contributed by atoms with Crippen LogP contribution < -0.4 is 20.1 Å². The fraction of sp³-hybridized carbons (Fsp3) is 0.588. The molecule has 0 bridgehead atoms. The second-order valence-electron chi connectivity index (χ2n) is 4.97. The molecule has 1 aromatic carbocycles. The van der Waals surface area contributed by atoms with Crippen molar-refractivity contribution in [1.29, 1.82) is 0 Å². The van der Waals surface area contributed by atoms with Crippen molar-refractivity contribution in [3.05, 3.63) is 23.8 Å². The average Bonchev–Trinajstić information content (AvgIpc) is 2.58. The molecule has 0 aliphatic heterocycles. The highest BCUT2D eigenvalue weighted by atomic mass is 127. The number of hydrogen-bond donors (Lipinski definition) is 2. The van der Waals surface area contributed by atoms with Gasteiger partial charge in [0.1, 0.15) is 0 Å². The average molecular weight is 467 g/mol. The van der Waals surface area contributed by atoms with Crippen molar-refractivity contribution >= 4 is 41.7 Å². The second kappa shape index (κ2) is 14.5.